The van der Waals surface area contributed by atoms with Crippen LogP contribution in [-0.4, -0.2) is 49.1 Å². The highest BCUT2D eigenvalue weighted by Gasteiger charge is 2.37. The summed E-state index contributed by atoms with van der Waals surface area (Å²) in [6.45, 7) is 6.20. The van der Waals surface area contributed by atoms with Crippen molar-refractivity contribution in [3.8, 4) is 0 Å². The molecule has 0 bridgehead atoms. The maximum absolute atomic E-state index is 11.9. The van der Waals surface area contributed by atoms with Crippen molar-refractivity contribution in [2.45, 2.75) is 26.3 Å². The second-order valence-electron chi connectivity index (χ2n) is 5.18. The Kier molecular flexibility index (Phi) is 3.66. The van der Waals surface area contributed by atoms with E-state index in [0.717, 1.165) is 13.0 Å². The molecule has 2 fully saturated rings. The number of piperazine rings is 1. The number of nitrogens with one attached hydrogen (secondary N) is 1. The average molecular weight is 240 g/mol. The first-order chi connectivity index (χ1) is 8.09. The van der Waals surface area contributed by atoms with Gasteiger partial charge < -0.3 is 15.0 Å². The molecule has 2 atom stereocenters. The number of amides is 2. The molecule has 0 aromatic rings. The second-order valence-corrected chi connectivity index (χ2v) is 5.18. The Bertz CT molecular complexity index is 311. The summed E-state index contributed by atoms with van der Waals surface area (Å²) >= 11 is 0. The minimum absolute atomic E-state index is 0.0233. The molecule has 0 aliphatic carbocycles. The van der Waals surface area contributed by atoms with E-state index in [2.05, 4.69) is 5.32 Å². The van der Waals surface area contributed by atoms with Crippen LogP contribution in [-0.2, 0) is 14.3 Å². The van der Waals surface area contributed by atoms with E-state index in [1.165, 1.54) is 0 Å². The Labute approximate surface area is 101 Å². The van der Waals surface area contributed by atoms with Crippen molar-refractivity contribution in [1.82, 2.24) is 10.2 Å². The highest BCUT2D eigenvalue weighted by molar-refractivity contribution is 5.94. The van der Waals surface area contributed by atoms with Gasteiger partial charge in [-0.25, -0.2) is 0 Å². The second kappa shape index (κ2) is 5.04. The van der Waals surface area contributed by atoms with Gasteiger partial charge in [0.1, 0.15) is 6.04 Å². The molecule has 5 heteroatoms. The first-order valence-electron chi connectivity index (χ1n) is 6.24. The smallest absolute Gasteiger partial charge is 0.243 e. The fraction of sp³-hybridized carbons (Fsp3) is 0.833. The van der Waals surface area contributed by atoms with Crippen molar-refractivity contribution in [3.05, 3.63) is 0 Å². The lowest BCUT2D eigenvalue weighted by molar-refractivity contribution is -0.148. The highest BCUT2D eigenvalue weighted by atomic mass is 16.5. The molecule has 0 spiro atoms. The molecule has 2 aliphatic rings. The minimum atomic E-state index is -0.322. The molecule has 2 saturated heterocycles. The molecule has 96 valence electrons. The van der Waals surface area contributed by atoms with Gasteiger partial charge in [0, 0.05) is 19.1 Å². The number of ether oxygens (including phenoxy) is 1. The van der Waals surface area contributed by atoms with Crippen LogP contribution in [0.2, 0.25) is 0 Å². The van der Waals surface area contributed by atoms with E-state index in [4.69, 9.17) is 4.74 Å². The van der Waals surface area contributed by atoms with E-state index in [0.29, 0.717) is 19.1 Å². The molecule has 2 rings (SSSR count). The first-order valence-corrected chi connectivity index (χ1v) is 6.24. The molecular formula is C12H20N2O3. The molecule has 0 aromatic heterocycles. The van der Waals surface area contributed by atoms with Gasteiger partial charge in [0.15, 0.2) is 0 Å². The van der Waals surface area contributed by atoms with Crippen LogP contribution in [0, 0.1) is 11.8 Å². The summed E-state index contributed by atoms with van der Waals surface area (Å²) in [5.41, 5.74) is 0. The van der Waals surface area contributed by atoms with Crippen LogP contribution in [0.4, 0.5) is 0 Å². The zero-order valence-corrected chi connectivity index (χ0v) is 10.4. The Morgan fingerprint density at radius 2 is 2.24 bits per heavy atom. The van der Waals surface area contributed by atoms with Crippen LogP contribution < -0.4 is 5.32 Å². The molecule has 0 aromatic carbocycles. The fourth-order valence-electron chi connectivity index (χ4n) is 2.55. The summed E-state index contributed by atoms with van der Waals surface area (Å²) in [7, 11) is 0. The largest absolute Gasteiger partial charge is 0.381 e. The van der Waals surface area contributed by atoms with Crippen LogP contribution in [0.25, 0.3) is 0 Å². The fourth-order valence-corrected chi connectivity index (χ4v) is 2.55. The number of hydrogen-bond acceptors (Lipinski definition) is 3. The number of carbonyl (C=O) groups excluding carboxylic acids is 2. The van der Waals surface area contributed by atoms with Crippen LogP contribution in [0.1, 0.15) is 20.3 Å². The maximum Gasteiger partial charge on any atom is 0.243 e. The van der Waals surface area contributed by atoms with E-state index in [-0.39, 0.29) is 30.3 Å². The van der Waals surface area contributed by atoms with Crippen LogP contribution in [0.15, 0.2) is 0 Å². The Hall–Kier alpha value is -1.10. The van der Waals surface area contributed by atoms with Crippen LogP contribution >= 0.6 is 0 Å². The van der Waals surface area contributed by atoms with Gasteiger partial charge in [0.2, 0.25) is 11.8 Å². The van der Waals surface area contributed by atoms with Crippen molar-refractivity contribution < 1.29 is 14.3 Å². The molecule has 2 aliphatic heterocycles. The van der Waals surface area contributed by atoms with E-state index >= 15 is 0 Å². The quantitative estimate of drug-likeness (QED) is 0.756. The number of carbonyl (C=O) groups is 2. The van der Waals surface area contributed by atoms with E-state index in [9.17, 15) is 9.59 Å². The number of nitrogens with zero attached hydrogens (tertiary/aromatic N) is 1. The van der Waals surface area contributed by atoms with Gasteiger partial charge >= 0.3 is 0 Å². The van der Waals surface area contributed by atoms with Crippen LogP contribution in [0.3, 0.4) is 0 Å². The van der Waals surface area contributed by atoms with Crippen molar-refractivity contribution in [2.24, 2.45) is 11.8 Å². The normalized spacial score (nSPS) is 29.9. The van der Waals surface area contributed by atoms with Crippen molar-refractivity contribution in [3.63, 3.8) is 0 Å². The van der Waals surface area contributed by atoms with E-state index in [1.807, 2.05) is 13.8 Å². The molecule has 0 radical (unpaired) electrons. The summed E-state index contributed by atoms with van der Waals surface area (Å²) in [6, 6.07) is -0.322. The van der Waals surface area contributed by atoms with Gasteiger partial charge in [-0.2, -0.15) is 0 Å². The van der Waals surface area contributed by atoms with Crippen molar-refractivity contribution in [1.29, 1.82) is 0 Å². The molecular weight excluding hydrogens is 220 g/mol. The van der Waals surface area contributed by atoms with Gasteiger partial charge in [0.05, 0.1) is 13.2 Å². The van der Waals surface area contributed by atoms with Crippen molar-refractivity contribution >= 4 is 11.8 Å². The molecule has 2 unspecified atom stereocenters. The van der Waals surface area contributed by atoms with Crippen LogP contribution in [0.5, 0.6) is 0 Å². The summed E-state index contributed by atoms with van der Waals surface area (Å²) < 4.78 is 5.32. The lowest BCUT2D eigenvalue weighted by Crippen LogP contribution is -2.61. The lowest BCUT2D eigenvalue weighted by Gasteiger charge is -2.38. The van der Waals surface area contributed by atoms with Gasteiger partial charge in [-0.15, -0.1) is 0 Å². The predicted molar refractivity (Wildman–Crippen MR) is 62.3 cm³/mol. The Morgan fingerprint density at radius 1 is 1.47 bits per heavy atom. The van der Waals surface area contributed by atoms with E-state index < -0.39 is 0 Å². The van der Waals surface area contributed by atoms with Crippen molar-refractivity contribution in [2.75, 3.05) is 26.3 Å². The Morgan fingerprint density at radius 3 is 2.82 bits per heavy atom. The lowest BCUT2D eigenvalue weighted by atomic mass is 9.97. The molecule has 0 saturated carbocycles. The highest BCUT2D eigenvalue weighted by Crippen LogP contribution is 2.20. The molecule has 5 nitrogen and oxygen atoms in total. The summed E-state index contributed by atoms with van der Waals surface area (Å²) in [5.74, 6) is 0.515. The SMILES string of the molecule is CC(C)C1C(=O)NCC(=O)N1CC1CCOC1. The third kappa shape index (κ3) is 2.60. The number of hydrogen-bond donors (Lipinski definition) is 1. The molecule has 2 heterocycles. The Balaban J connectivity index is 2.07. The monoisotopic (exact) mass is 240 g/mol. The third-order valence-corrected chi connectivity index (χ3v) is 3.45. The van der Waals surface area contributed by atoms with Gasteiger partial charge in [-0.1, -0.05) is 13.8 Å². The third-order valence-electron chi connectivity index (χ3n) is 3.45. The zero-order valence-electron chi connectivity index (χ0n) is 10.4. The summed E-state index contributed by atoms with van der Waals surface area (Å²) in [5, 5.41) is 2.66. The molecule has 2 amide bonds. The van der Waals surface area contributed by atoms with E-state index in [1.54, 1.807) is 4.90 Å². The van der Waals surface area contributed by atoms with Gasteiger partial charge in [0.25, 0.3) is 0 Å². The first kappa shape index (κ1) is 12.4. The predicted octanol–water partition coefficient (Wildman–Crippen LogP) is 0.00590. The minimum Gasteiger partial charge on any atom is -0.381 e. The summed E-state index contributed by atoms with van der Waals surface area (Å²) in [6.07, 6.45) is 0.982. The topological polar surface area (TPSA) is 58.6 Å². The standard InChI is InChI=1S/C12H20N2O3/c1-8(2)11-12(16)13-5-10(15)14(11)6-9-3-4-17-7-9/h8-9,11H,3-7H2,1-2H3,(H,13,16). The van der Waals surface area contributed by atoms with Gasteiger partial charge in [-0.05, 0) is 12.3 Å². The molecule has 1 N–H and O–H groups in total. The number of rotatable bonds is 3. The summed E-state index contributed by atoms with van der Waals surface area (Å²) in [4.78, 5) is 25.5. The maximum atomic E-state index is 11.9. The average Bonchev–Trinajstić information content (AvgIpc) is 2.76. The van der Waals surface area contributed by atoms with Gasteiger partial charge in [-0.3, -0.25) is 9.59 Å². The zero-order chi connectivity index (χ0) is 12.4. The molecule has 17 heavy (non-hydrogen) atoms.